The summed E-state index contributed by atoms with van der Waals surface area (Å²) in [4.78, 5) is 30.9. The number of amides is 2. The van der Waals surface area contributed by atoms with Crippen LogP contribution in [0.3, 0.4) is 0 Å². The standard InChI is InChI=1S/C24H33N3O5/c1-3-30-16-8-14-25-24(29)21-19-32-22(26-21)18-27(15-9-17-31-4-2)23(28)13-12-20-10-6-5-7-11-20/h5-7,10-13,19H,3-4,8-9,14-18H2,1-2H3,(H,25,29)/b13-12+. The Morgan fingerprint density at radius 2 is 1.81 bits per heavy atom. The smallest absolute Gasteiger partial charge is 0.273 e. The van der Waals surface area contributed by atoms with Crippen molar-refractivity contribution in [1.82, 2.24) is 15.2 Å². The lowest BCUT2D eigenvalue weighted by atomic mass is 10.2. The second-order valence-corrected chi connectivity index (χ2v) is 6.99. The van der Waals surface area contributed by atoms with Gasteiger partial charge in [-0.05, 0) is 38.3 Å². The van der Waals surface area contributed by atoms with E-state index in [-0.39, 0.29) is 24.1 Å². The minimum absolute atomic E-state index is 0.162. The Hall–Kier alpha value is -2.97. The highest BCUT2D eigenvalue weighted by Gasteiger charge is 2.17. The van der Waals surface area contributed by atoms with E-state index in [0.717, 1.165) is 12.0 Å². The Balaban J connectivity index is 1.95. The zero-order valence-electron chi connectivity index (χ0n) is 18.9. The fourth-order valence-corrected chi connectivity index (χ4v) is 2.87. The van der Waals surface area contributed by atoms with E-state index in [2.05, 4.69) is 10.3 Å². The van der Waals surface area contributed by atoms with Gasteiger partial charge in [-0.3, -0.25) is 9.59 Å². The van der Waals surface area contributed by atoms with Crippen molar-refractivity contribution < 1.29 is 23.5 Å². The van der Waals surface area contributed by atoms with Crippen molar-refractivity contribution in [2.24, 2.45) is 0 Å². The van der Waals surface area contributed by atoms with Gasteiger partial charge in [0.1, 0.15) is 6.26 Å². The number of aromatic nitrogens is 1. The number of carbonyl (C=O) groups excluding carboxylic acids is 2. The average molecular weight is 444 g/mol. The van der Waals surface area contributed by atoms with Gasteiger partial charge in [-0.15, -0.1) is 0 Å². The molecule has 0 bridgehead atoms. The van der Waals surface area contributed by atoms with Crippen molar-refractivity contribution >= 4 is 17.9 Å². The molecule has 2 amide bonds. The van der Waals surface area contributed by atoms with Gasteiger partial charge in [-0.25, -0.2) is 4.98 Å². The molecular formula is C24H33N3O5. The average Bonchev–Trinajstić information content (AvgIpc) is 3.28. The van der Waals surface area contributed by atoms with Gasteiger partial charge in [0, 0.05) is 45.6 Å². The van der Waals surface area contributed by atoms with E-state index >= 15 is 0 Å². The number of nitrogens with zero attached hydrogens (tertiary/aromatic N) is 2. The number of hydrogen-bond donors (Lipinski definition) is 1. The molecule has 0 saturated carbocycles. The topological polar surface area (TPSA) is 93.9 Å². The number of ether oxygens (including phenoxy) is 2. The number of rotatable bonds is 15. The van der Waals surface area contributed by atoms with Gasteiger partial charge in [0.25, 0.3) is 5.91 Å². The Morgan fingerprint density at radius 1 is 1.09 bits per heavy atom. The summed E-state index contributed by atoms with van der Waals surface area (Å²) in [6, 6.07) is 9.61. The number of carbonyl (C=O) groups is 2. The first kappa shape index (κ1) is 25.3. The van der Waals surface area contributed by atoms with E-state index in [1.807, 2.05) is 44.2 Å². The van der Waals surface area contributed by atoms with E-state index in [9.17, 15) is 9.59 Å². The Morgan fingerprint density at radius 3 is 2.53 bits per heavy atom. The highest BCUT2D eigenvalue weighted by atomic mass is 16.5. The molecule has 0 aliphatic heterocycles. The van der Waals surface area contributed by atoms with Gasteiger partial charge >= 0.3 is 0 Å². The normalized spacial score (nSPS) is 11.1. The minimum atomic E-state index is -0.310. The maximum atomic E-state index is 12.8. The van der Waals surface area contributed by atoms with Gasteiger partial charge in [-0.1, -0.05) is 30.3 Å². The van der Waals surface area contributed by atoms with Crippen molar-refractivity contribution in [3.05, 3.63) is 59.8 Å². The van der Waals surface area contributed by atoms with Crippen molar-refractivity contribution in [3.63, 3.8) is 0 Å². The fraction of sp³-hybridized carbons (Fsp3) is 0.458. The third kappa shape index (κ3) is 9.45. The largest absolute Gasteiger partial charge is 0.446 e. The number of oxazole rings is 1. The molecule has 32 heavy (non-hydrogen) atoms. The summed E-state index contributed by atoms with van der Waals surface area (Å²) < 4.78 is 16.1. The molecule has 0 atom stereocenters. The molecule has 0 radical (unpaired) electrons. The molecule has 1 heterocycles. The van der Waals surface area contributed by atoms with E-state index in [1.54, 1.807) is 11.0 Å². The quantitative estimate of drug-likeness (QED) is 0.335. The van der Waals surface area contributed by atoms with Gasteiger partial charge in [0.15, 0.2) is 5.69 Å². The molecule has 1 aromatic carbocycles. The zero-order chi connectivity index (χ0) is 23.0. The Labute approximate surface area is 189 Å². The van der Waals surface area contributed by atoms with Crippen LogP contribution in [0.5, 0.6) is 0 Å². The summed E-state index contributed by atoms with van der Waals surface area (Å²) in [7, 11) is 0. The fourth-order valence-electron chi connectivity index (χ4n) is 2.87. The predicted molar refractivity (Wildman–Crippen MR) is 122 cm³/mol. The molecule has 8 heteroatoms. The van der Waals surface area contributed by atoms with Crippen LogP contribution in [0, 0.1) is 0 Å². The molecule has 2 rings (SSSR count). The highest BCUT2D eigenvalue weighted by molar-refractivity contribution is 5.92. The highest BCUT2D eigenvalue weighted by Crippen LogP contribution is 2.09. The third-order valence-electron chi connectivity index (χ3n) is 4.52. The molecule has 8 nitrogen and oxygen atoms in total. The maximum absolute atomic E-state index is 12.8. The molecule has 1 N–H and O–H groups in total. The first-order valence-corrected chi connectivity index (χ1v) is 11.0. The van der Waals surface area contributed by atoms with Crippen molar-refractivity contribution in [2.75, 3.05) is 39.5 Å². The molecule has 1 aromatic heterocycles. The summed E-state index contributed by atoms with van der Waals surface area (Å²) in [6.45, 7) is 7.44. The van der Waals surface area contributed by atoms with Gasteiger partial charge in [0.2, 0.25) is 11.8 Å². The molecular weight excluding hydrogens is 410 g/mol. The van der Waals surface area contributed by atoms with Gasteiger partial charge in [-0.2, -0.15) is 0 Å². The van der Waals surface area contributed by atoms with Crippen molar-refractivity contribution in [3.8, 4) is 0 Å². The van der Waals surface area contributed by atoms with Crippen LogP contribution in [0.25, 0.3) is 6.08 Å². The van der Waals surface area contributed by atoms with Crippen LogP contribution in [0.4, 0.5) is 0 Å². The van der Waals surface area contributed by atoms with Crippen LogP contribution >= 0.6 is 0 Å². The molecule has 2 aromatic rings. The van der Waals surface area contributed by atoms with Crippen LogP contribution in [0.15, 0.2) is 47.1 Å². The van der Waals surface area contributed by atoms with Crippen LogP contribution < -0.4 is 5.32 Å². The van der Waals surface area contributed by atoms with Crippen LogP contribution in [-0.4, -0.2) is 61.2 Å². The predicted octanol–water partition coefficient (Wildman–Crippen LogP) is 3.30. The summed E-state index contributed by atoms with van der Waals surface area (Å²) in [5.41, 5.74) is 1.13. The number of hydrogen-bond acceptors (Lipinski definition) is 6. The summed E-state index contributed by atoms with van der Waals surface area (Å²) in [5, 5.41) is 2.78. The lowest BCUT2D eigenvalue weighted by Crippen LogP contribution is -2.31. The van der Waals surface area contributed by atoms with Crippen LogP contribution in [0.2, 0.25) is 0 Å². The number of nitrogens with one attached hydrogen (secondary N) is 1. The van der Waals surface area contributed by atoms with Gasteiger partial charge < -0.3 is 24.1 Å². The van der Waals surface area contributed by atoms with Crippen LogP contribution in [-0.2, 0) is 20.8 Å². The lowest BCUT2D eigenvalue weighted by Gasteiger charge is -2.19. The number of benzene rings is 1. The monoisotopic (exact) mass is 443 g/mol. The zero-order valence-corrected chi connectivity index (χ0v) is 18.9. The molecule has 0 unspecified atom stereocenters. The SMILES string of the molecule is CCOCCCNC(=O)c1coc(CN(CCCOCC)C(=O)/C=C/c2ccccc2)n1. The molecule has 0 aliphatic carbocycles. The molecule has 0 fully saturated rings. The van der Waals surface area contributed by atoms with Crippen molar-refractivity contribution in [1.29, 1.82) is 0 Å². The van der Waals surface area contributed by atoms with E-state index in [4.69, 9.17) is 13.9 Å². The lowest BCUT2D eigenvalue weighted by molar-refractivity contribution is -0.127. The summed E-state index contributed by atoms with van der Waals surface area (Å²) in [5.74, 6) is -0.164. The Kier molecular flexibility index (Phi) is 11.8. The summed E-state index contributed by atoms with van der Waals surface area (Å²) in [6.07, 6.45) is 6.03. The molecule has 0 saturated heterocycles. The van der Waals surface area contributed by atoms with E-state index < -0.39 is 0 Å². The molecule has 174 valence electrons. The third-order valence-corrected chi connectivity index (χ3v) is 4.52. The first-order chi connectivity index (χ1) is 15.6. The Bertz CT molecular complexity index is 835. The maximum Gasteiger partial charge on any atom is 0.273 e. The molecule has 0 aliphatic rings. The van der Waals surface area contributed by atoms with E-state index in [0.29, 0.717) is 51.8 Å². The second-order valence-electron chi connectivity index (χ2n) is 6.99. The summed E-state index contributed by atoms with van der Waals surface area (Å²) >= 11 is 0. The molecule has 0 spiro atoms. The van der Waals surface area contributed by atoms with Crippen molar-refractivity contribution in [2.45, 2.75) is 33.2 Å². The van der Waals surface area contributed by atoms with Gasteiger partial charge in [0.05, 0.1) is 6.54 Å². The first-order valence-electron chi connectivity index (χ1n) is 11.0. The van der Waals surface area contributed by atoms with Crippen LogP contribution in [0.1, 0.15) is 48.6 Å². The minimum Gasteiger partial charge on any atom is -0.446 e. The van der Waals surface area contributed by atoms with E-state index in [1.165, 1.54) is 12.3 Å². The second kappa shape index (κ2) is 14.9.